The smallest absolute Gasteiger partial charge is 0.258 e. The summed E-state index contributed by atoms with van der Waals surface area (Å²) in [5, 5.41) is 9.88. The maximum Gasteiger partial charge on any atom is 0.258 e. The fraction of sp³-hybridized carbons (Fsp3) is 0.0833. The lowest BCUT2D eigenvalue weighted by atomic mass is 10.2. The van der Waals surface area contributed by atoms with Crippen molar-refractivity contribution in [1.29, 1.82) is 0 Å². The standard InChI is InChI=1S/C12H8BrCl2N3O2/c1-20-8-3-6(13)2-7(4-8)16-12(19)9-5-10(14)17-18-11(9)15/h2-5H,1H3,(H,16,19). The number of carbonyl (C=O) groups is 1. The van der Waals surface area contributed by atoms with Crippen molar-refractivity contribution >= 4 is 50.7 Å². The molecule has 1 aromatic heterocycles. The Labute approximate surface area is 133 Å². The highest BCUT2D eigenvalue weighted by Gasteiger charge is 2.14. The van der Waals surface area contributed by atoms with Crippen molar-refractivity contribution in [2.24, 2.45) is 0 Å². The summed E-state index contributed by atoms with van der Waals surface area (Å²) in [5.41, 5.74) is 0.691. The topological polar surface area (TPSA) is 64.1 Å². The van der Waals surface area contributed by atoms with Gasteiger partial charge >= 0.3 is 0 Å². The van der Waals surface area contributed by atoms with Gasteiger partial charge in [0.2, 0.25) is 0 Å². The lowest BCUT2D eigenvalue weighted by Crippen LogP contribution is -2.13. The summed E-state index contributed by atoms with van der Waals surface area (Å²) < 4.78 is 5.88. The average Bonchev–Trinajstić information content (AvgIpc) is 2.40. The van der Waals surface area contributed by atoms with Crippen LogP contribution in [-0.2, 0) is 0 Å². The number of anilines is 1. The Morgan fingerprint density at radius 2 is 2.00 bits per heavy atom. The molecule has 1 aromatic carbocycles. The number of nitrogens with one attached hydrogen (secondary N) is 1. The van der Waals surface area contributed by atoms with E-state index in [4.69, 9.17) is 27.9 Å². The van der Waals surface area contributed by atoms with Crippen LogP contribution in [0.1, 0.15) is 10.4 Å². The second-order valence-electron chi connectivity index (χ2n) is 3.71. The zero-order chi connectivity index (χ0) is 14.7. The number of nitrogens with zero attached hydrogens (tertiary/aromatic N) is 2. The number of hydrogen-bond donors (Lipinski definition) is 1. The minimum Gasteiger partial charge on any atom is -0.497 e. The number of rotatable bonds is 3. The highest BCUT2D eigenvalue weighted by molar-refractivity contribution is 9.10. The van der Waals surface area contributed by atoms with Crippen LogP contribution in [0.4, 0.5) is 5.69 Å². The first kappa shape index (κ1) is 15.0. The van der Waals surface area contributed by atoms with Gasteiger partial charge in [0, 0.05) is 16.2 Å². The van der Waals surface area contributed by atoms with Crippen molar-refractivity contribution < 1.29 is 9.53 Å². The van der Waals surface area contributed by atoms with Crippen LogP contribution in [-0.4, -0.2) is 23.2 Å². The van der Waals surface area contributed by atoms with Crippen LogP contribution in [0.5, 0.6) is 5.75 Å². The lowest BCUT2D eigenvalue weighted by Gasteiger charge is -2.08. The van der Waals surface area contributed by atoms with Crippen LogP contribution in [0, 0.1) is 0 Å². The van der Waals surface area contributed by atoms with Gasteiger partial charge in [-0.2, -0.15) is 0 Å². The fourth-order valence-corrected chi connectivity index (χ4v) is 2.26. The Bertz CT molecular complexity index is 667. The van der Waals surface area contributed by atoms with Crippen molar-refractivity contribution in [2.75, 3.05) is 12.4 Å². The Hall–Kier alpha value is -1.37. The monoisotopic (exact) mass is 375 g/mol. The van der Waals surface area contributed by atoms with Gasteiger partial charge in [-0.3, -0.25) is 4.79 Å². The number of aromatic nitrogens is 2. The molecule has 0 spiro atoms. The zero-order valence-electron chi connectivity index (χ0n) is 10.2. The van der Waals surface area contributed by atoms with Gasteiger partial charge in [-0.15, -0.1) is 10.2 Å². The molecule has 8 heteroatoms. The third-order valence-corrected chi connectivity index (χ3v) is 3.25. The van der Waals surface area contributed by atoms with E-state index in [2.05, 4.69) is 31.4 Å². The van der Waals surface area contributed by atoms with Crippen molar-refractivity contribution in [2.45, 2.75) is 0 Å². The number of amides is 1. The molecular weight excluding hydrogens is 369 g/mol. The van der Waals surface area contributed by atoms with E-state index in [0.29, 0.717) is 11.4 Å². The first-order valence-corrected chi connectivity index (χ1v) is 6.89. The van der Waals surface area contributed by atoms with Crippen molar-refractivity contribution in [3.63, 3.8) is 0 Å². The first-order valence-electron chi connectivity index (χ1n) is 5.34. The summed E-state index contributed by atoms with van der Waals surface area (Å²) >= 11 is 14.8. The number of benzene rings is 1. The molecular formula is C12H8BrCl2N3O2. The summed E-state index contributed by atoms with van der Waals surface area (Å²) in [6.07, 6.45) is 0. The summed E-state index contributed by atoms with van der Waals surface area (Å²) in [5.74, 6) is 0.165. The molecule has 0 aliphatic rings. The molecule has 0 saturated heterocycles. The van der Waals surface area contributed by atoms with Gasteiger partial charge in [0.1, 0.15) is 5.75 Å². The van der Waals surface area contributed by atoms with E-state index < -0.39 is 5.91 Å². The number of halogens is 3. The summed E-state index contributed by atoms with van der Waals surface area (Å²) in [7, 11) is 1.54. The van der Waals surface area contributed by atoms with E-state index in [1.165, 1.54) is 13.2 Å². The molecule has 20 heavy (non-hydrogen) atoms. The van der Waals surface area contributed by atoms with Crippen LogP contribution < -0.4 is 10.1 Å². The van der Waals surface area contributed by atoms with Gasteiger partial charge in [0.25, 0.3) is 5.91 Å². The average molecular weight is 377 g/mol. The van der Waals surface area contributed by atoms with Crippen molar-refractivity contribution in [1.82, 2.24) is 10.2 Å². The van der Waals surface area contributed by atoms with Crippen LogP contribution >= 0.6 is 39.1 Å². The van der Waals surface area contributed by atoms with Gasteiger partial charge in [-0.25, -0.2) is 0 Å². The molecule has 0 bridgehead atoms. The van der Waals surface area contributed by atoms with Gasteiger partial charge in [0.05, 0.1) is 12.7 Å². The molecule has 1 N–H and O–H groups in total. The van der Waals surface area contributed by atoms with E-state index in [1.54, 1.807) is 18.2 Å². The number of carbonyl (C=O) groups excluding carboxylic acids is 1. The number of ether oxygens (including phenoxy) is 1. The number of methoxy groups -OCH3 is 1. The molecule has 0 aliphatic carbocycles. The van der Waals surface area contributed by atoms with Gasteiger partial charge in [-0.05, 0) is 18.2 Å². The zero-order valence-corrected chi connectivity index (χ0v) is 13.3. The van der Waals surface area contributed by atoms with Crippen LogP contribution in [0.2, 0.25) is 10.3 Å². The highest BCUT2D eigenvalue weighted by Crippen LogP contribution is 2.25. The molecule has 1 amide bonds. The maximum absolute atomic E-state index is 12.1. The molecule has 0 fully saturated rings. The first-order chi connectivity index (χ1) is 9.49. The Morgan fingerprint density at radius 3 is 2.70 bits per heavy atom. The highest BCUT2D eigenvalue weighted by atomic mass is 79.9. The Kier molecular flexibility index (Phi) is 4.80. The van der Waals surface area contributed by atoms with E-state index in [1.807, 2.05) is 0 Å². The quantitative estimate of drug-likeness (QED) is 0.884. The van der Waals surface area contributed by atoms with E-state index >= 15 is 0 Å². The Morgan fingerprint density at radius 1 is 1.25 bits per heavy atom. The van der Waals surface area contributed by atoms with Crippen LogP contribution in [0.3, 0.4) is 0 Å². The molecule has 104 valence electrons. The second-order valence-corrected chi connectivity index (χ2v) is 5.37. The largest absolute Gasteiger partial charge is 0.497 e. The molecule has 0 radical (unpaired) electrons. The molecule has 2 aromatic rings. The van der Waals surface area contributed by atoms with E-state index in [9.17, 15) is 4.79 Å². The predicted molar refractivity (Wildman–Crippen MR) is 80.7 cm³/mol. The van der Waals surface area contributed by atoms with Crippen LogP contribution in [0.25, 0.3) is 0 Å². The molecule has 0 atom stereocenters. The summed E-state index contributed by atoms with van der Waals surface area (Å²) in [6.45, 7) is 0. The molecule has 2 rings (SSSR count). The number of hydrogen-bond acceptors (Lipinski definition) is 4. The molecule has 5 nitrogen and oxygen atoms in total. The van der Waals surface area contributed by atoms with Gasteiger partial charge in [-0.1, -0.05) is 39.1 Å². The molecule has 0 unspecified atom stereocenters. The minimum absolute atomic E-state index is 0.0196. The van der Waals surface area contributed by atoms with E-state index in [-0.39, 0.29) is 15.9 Å². The Balaban J connectivity index is 2.27. The third kappa shape index (κ3) is 3.59. The van der Waals surface area contributed by atoms with Gasteiger partial charge in [0.15, 0.2) is 10.3 Å². The maximum atomic E-state index is 12.1. The normalized spacial score (nSPS) is 10.2. The lowest BCUT2D eigenvalue weighted by molar-refractivity contribution is 0.102. The SMILES string of the molecule is COc1cc(Br)cc(NC(=O)c2cc(Cl)nnc2Cl)c1. The predicted octanol–water partition coefficient (Wildman–Crippen LogP) is 3.81. The molecule has 0 aliphatic heterocycles. The van der Waals surface area contributed by atoms with Crippen molar-refractivity contribution in [3.8, 4) is 5.75 Å². The summed E-state index contributed by atoms with van der Waals surface area (Å²) in [6, 6.07) is 6.52. The molecule has 1 heterocycles. The second kappa shape index (κ2) is 6.39. The summed E-state index contributed by atoms with van der Waals surface area (Å²) in [4.78, 5) is 12.1. The molecule has 0 saturated carbocycles. The van der Waals surface area contributed by atoms with Gasteiger partial charge < -0.3 is 10.1 Å². The third-order valence-electron chi connectivity index (χ3n) is 2.33. The van der Waals surface area contributed by atoms with E-state index in [0.717, 1.165) is 4.47 Å². The van der Waals surface area contributed by atoms with Crippen LogP contribution in [0.15, 0.2) is 28.7 Å². The minimum atomic E-state index is -0.438. The van der Waals surface area contributed by atoms with Crippen molar-refractivity contribution in [3.05, 3.63) is 44.6 Å². The fourth-order valence-electron chi connectivity index (χ4n) is 1.46.